The summed E-state index contributed by atoms with van der Waals surface area (Å²) in [6.07, 6.45) is 0.855. The first-order valence-electron chi connectivity index (χ1n) is 6.00. The molecule has 3 nitrogen and oxygen atoms in total. The number of halogens is 1. The molecule has 2 rings (SSSR count). The summed E-state index contributed by atoms with van der Waals surface area (Å²) in [5, 5.41) is 0. The van der Waals surface area contributed by atoms with Crippen molar-refractivity contribution in [3.63, 3.8) is 0 Å². The minimum Gasteiger partial charge on any atom is -0.496 e. The highest BCUT2D eigenvalue weighted by Crippen LogP contribution is 2.30. The van der Waals surface area contributed by atoms with Crippen molar-refractivity contribution < 1.29 is 4.74 Å². The molecule has 1 aromatic heterocycles. The molecule has 0 saturated carbocycles. The van der Waals surface area contributed by atoms with E-state index in [0.717, 1.165) is 39.3 Å². The van der Waals surface area contributed by atoms with Crippen molar-refractivity contribution in [2.75, 3.05) is 7.11 Å². The van der Waals surface area contributed by atoms with Crippen LogP contribution in [0.1, 0.15) is 18.2 Å². The molecule has 0 unspecified atom stereocenters. The molecule has 2 aromatic rings. The summed E-state index contributed by atoms with van der Waals surface area (Å²) < 4.78 is 6.84. The number of hydrogen-bond donors (Lipinski definition) is 1. The van der Waals surface area contributed by atoms with Crippen LogP contribution in [0.4, 0.5) is 0 Å². The molecule has 0 amide bonds. The molecule has 0 bridgehead atoms. The third kappa shape index (κ3) is 2.87. The molecule has 1 aromatic carbocycles. The molecule has 0 fully saturated rings. The van der Waals surface area contributed by atoms with E-state index in [1.165, 1.54) is 0 Å². The molecule has 0 atom stereocenters. The van der Waals surface area contributed by atoms with Crippen LogP contribution in [0.15, 0.2) is 22.7 Å². The Morgan fingerprint density at radius 2 is 2.16 bits per heavy atom. The van der Waals surface area contributed by atoms with Crippen molar-refractivity contribution in [1.29, 1.82) is 0 Å². The van der Waals surface area contributed by atoms with Crippen molar-refractivity contribution in [3.8, 4) is 17.1 Å². The van der Waals surface area contributed by atoms with Gasteiger partial charge in [-0.1, -0.05) is 25.2 Å². The number of ether oxygens (including phenoxy) is 1. The van der Waals surface area contributed by atoms with Gasteiger partial charge in [-0.3, -0.25) is 0 Å². The van der Waals surface area contributed by atoms with Gasteiger partial charge in [-0.25, -0.2) is 4.98 Å². The van der Waals surface area contributed by atoms with Crippen LogP contribution in [-0.4, -0.2) is 17.1 Å². The number of nitrogens with one attached hydrogen (secondary N) is 1. The quantitative estimate of drug-likeness (QED) is 0.840. The molecule has 1 N–H and O–H groups in total. The fraction of sp³-hybridized carbons (Fsp3) is 0.286. The topological polar surface area (TPSA) is 37.9 Å². The standard InChI is InChI=1S/C14H15BrN2OS/c1-4-10-12(15)14(19)17-13(16-10)9-6-5-8(2)7-11(9)18-3/h5-7H,4H2,1-3H3,(H,16,17,19). The summed E-state index contributed by atoms with van der Waals surface area (Å²) in [6.45, 7) is 4.10. The van der Waals surface area contributed by atoms with Crippen LogP contribution in [0, 0.1) is 11.6 Å². The summed E-state index contributed by atoms with van der Waals surface area (Å²) in [4.78, 5) is 7.73. The lowest BCUT2D eigenvalue weighted by Crippen LogP contribution is -1.99. The van der Waals surface area contributed by atoms with Gasteiger partial charge in [-0.15, -0.1) is 0 Å². The normalized spacial score (nSPS) is 10.5. The van der Waals surface area contributed by atoms with E-state index in [1.54, 1.807) is 7.11 Å². The van der Waals surface area contributed by atoms with Gasteiger partial charge in [0.05, 0.1) is 17.1 Å². The highest BCUT2D eigenvalue weighted by Gasteiger charge is 2.11. The third-order valence-electron chi connectivity index (χ3n) is 2.90. The SMILES string of the molecule is CCc1[nH]c(-c2ccc(C)cc2OC)nc(=S)c1Br. The summed E-state index contributed by atoms with van der Waals surface area (Å²) in [7, 11) is 1.66. The number of rotatable bonds is 3. The molecule has 5 heteroatoms. The zero-order valence-electron chi connectivity index (χ0n) is 11.1. The Morgan fingerprint density at radius 3 is 2.79 bits per heavy atom. The number of aromatic nitrogens is 2. The molecule has 100 valence electrons. The largest absolute Gasteiger partial charge is 0.496 e. The van der Waals surface area contributed by atoms with Crippen LogP contribution < -0.4 is 4.74 Å². The monoisotopic (exact) mass is 338 g/mol. The van der Waals surface area contributed by atoms with Crippen molar-refractivity contribution >= 4 is 28.1 Å². The second-order valence-corrected chi connectivity index (χ2v) is 5.42. The van der Waals surface area contributed by atoms with E-state index in [9.17, 15) is 0 Å². The second kappa shape index (κ2) is 5.84. The molecule has 0 radical (unpaired) electrons. The highest BCUT2D eigenvalue weighted by atomic mass is 79.9. The Hall–Kier alpha value is -1.20. The van der Waals surface area contributed by atoms with Crippen molar-refractivity contribution in [2.45, 2.75) is 20.3 Å². The Labute approximate surface area is 126 Å². The van der Waals surface area contributed by atoms with Crippen LogP contribution in [0.3, 0.4) is 0 Å². The van der Waals surface area contributed by atoms with Gasteiger partial charge in [-0.05, 0) is 47.0 Å². The first-order chi connectivity index (χ1) is 9.06. The summed E-state index contributed by atoms with van der Waals surface area (Å²) >= 11 is 8.75. The molecule has 0 saturated heterocycles. The summed E-state index contributed by atoms with van der Waals surface area (Å²) in [5.41, 5.74) is 3.10. The Morgan fingerprint density at radius 1 is 1.42 bits per heavy atom. The summed E-state index contributed by atoms with van der Waals surface area (Å²) in [6, 6.07) is 6.01. The number of hydrogen-bond acceptors (Lipinski definition) is 3. The third-order valence-corrected chi connectivity index (χ3v) is 4.31. The summed E-state index contributed by atoms with van der Waals surface area (Å²) in [5.74, 6) is 1.53. The van der Waals surface area contributed by atoms with E-state index >= 15 is 0 Å². The molecule has 0 aliphatic carbocycles. The maximum Gasteiger partial charge on any atom is 0.144 e. The maximum absolute atomic E-state index is 5.42. The minimum atomic E-state index is 0.563. The van der Waals surface area contributed by atoms with E-state index < -0.39 is 0 Å². The number of nitrogens with zero attached hydrogens (tertiary/aromatic N) is 1. The fourth-order valence-electron chi connectivity index (χ4n) is 1.87. The molecule has 0 spiro atoms. The predicted octanol–water partition coefficient (Wildman–Crippen LogP) is 4.45. The lowest BCUT2D eigenvalue weighted by atomic mass is 10.1. The predicted molar refractivity (Wildman–Crippen MR) is 83.2 cm³/mol. The van der Waals surface area contributed by atoms with Crippen molar-refractivity contribution in [1.82, 2.24) is 9.97 Å². The van der Waals surface area contributed by atoms with Gasteiger partial charge in [0.1, 0.15) is 16.2 Å². The van der Waals surface area contributed by atoms with Crippen LogP contribution in [0.5, 0.6) is 5.75 Å². The number of aromatic amines is 1. The van der Waals surface area contributed by atoms with Crippen molar-refractivity contribution in [2.24, 2.45) is 0 Å². The van der Waals surface area contributed by atoms with E-state index in [2.05, 4.69) is 32.8 Å². The molecular formula is C14H15BrN2OS. The minimum absolute atomic E-state index is 0.563. The Kier molecular flexibility index (Phi) is 4.37. The van der Waals surface area contributed by atoms with Gasteiger partial charge in [0, 0.05) is 5.69 Å². The van der Waals surface area contributed by atoms with Gasteiger partial charge < -0.3 is 9.72 Å². The first kappa shape index (κ1) is 14.2. The van der Waals surface area contributed by atoms with Crippen LogP contribution in [-0.2, 0) is 6.42 Å². The molecule has 1 heterocycles. The van der Waals surface area contributed by atoms with E-state index in [4.69, 9.17) is 17.0 Å². The molecule has 0 aliphatic heterocycles. The Balaban J connectivity index is 2.65. The van der Waals surface area contributed by atoms with E-state index in [-0.39, 0.29) is 0 Å². The van der Waals surface area contributed by atoms with Crippen LogP contribution >= 0.6 is 28.1 Å². The number of benzene rings is 1. The highest BCUT2D eigenvalue weighted by molar-refractivity contribution is 9.10. The Bertz CT molecular complexity index is 667. The first-order valence-corrected chi connectivity index (χ1v) is 7.20. The maximum atomic E-state index is 5.42. The van der Waals surface area contributed by atoms with Gasteiger partial charge in [0.15, 0.2) is 0 Å². The molecular weight excluding hydrogens is 324 g/mol. The zero-order valence-corrected chi connectivity index (χ0v) is 13.5. The number of H-pyrrole nitrogens is 1. The lowest BCUT2D eigenvalue weighted by molar-refractivity contribution is 0.416. The van der Waals surface area contributed by atoms with Gasteiger partial charge >= 0.3 is 0 Å². The zero-order chi connectivity index (χ0) is 14.0. The van der Waals surface area contributed by atoms with E-state index in [0.29, 0.717) is 4.64 Å². The van der Waals surface area contributed by atoms with Crippen LogP contribution in [0.25, 0.3) is 11.4 Å². The average molecular weight is 339 g/mol. The molecule has 19 heavy (non-hydrogen) atoms. The van der Waals surface area contributed by atoms with Crippen LogP contribution in [0.2, 0.25) is 0 Å². The average Bonchev–Trinajstić information content (AvgIpc) is 2.41. The van der Waals surface area contributed by atoms with Gasteiger partial charge in [0.25, 0.3) is 0 Å². The van der Waals surface area contributed by atoms with Crippen molar-refractivity contribution in [3.05, 3.63) is 38.6 Å². The second-order valence-electron chi connectivity index (χ2n) is 4.24. The number of aryl methyl sites for hydroxylation is 2. The van der Waals surface area contributed by atoms with Gasteiger partial charge in [0.2, 0.25) is 0 Å². The van der Waals surface area contributed by atoms with Gasteiger partial charge in [-0.2, -0.15) is 0 Å². The lowest BCUT2D eigenvalue weighted by Gasteiger charge is -2.11. The fourth-order valence-corrected chi connectivity index (χ4v) is 2.55. The smallest absolute Gasteiger partial charge is 0.144 e. The van der Waals surface area contributed by atoms with E-state index in [1.807, 2.05) is 25.1 Å². The number of methoxy groups -OCH3 is 1. The molecule has 0 aliphatic rings.